The molecule has 0 spiro atoms. The second kappa shape index (κ2) is 9.61. The van der Waals surface area contributed by atoms with Crippen LogP contribution in [-0.2, 0) is 17.8 Å². The number of amides is 2. The van der Waals surface area contributed by atoms with Gasteiger partial charge in [0.15, 0.2) is 5.69 Å². The number of nitrogens with one attached hydrogen (secondary N) is 1. The minimum Gasteiger partial charge on any atom is -0.446 e. The fourth-order valence-corrected chi connectivity index (χ4v) is 2.42. The van der Waals surface area contributed by atoms with Crippen LogP contribution in [0.5, 0.6) is 0 Å². The van der Waals surface area contributed by atoms with Gasteiger partial charge in [0.2, 0.25) is 11.8 Å². The Labute approximate surface area is 148 Å². The van der Waals surface area contributed by atoms with Crippen molar-refractivity contribution in [3.05, 3.63) is 53.7 Å². The monoisotopic (exact) mass is 343 g/mol. The first-order valence-corrected chi connectivity index (χ1v) is 8.68. The molecule has 1 aromatic heterocycles. The van der Waals surface area contributed by atoms with Crippen LogP contribution in [0.1, 0.15) is 48.6 Å². The van der Waals surface area contributed by atoms with Crippen molar-refractivity contribution in [3.8, 4) is 0 Å². The predicted octanol–water partition coefficient (Wildman–Crippen LogP) is 2.80. The summed E-state index contributed by atoms with van der Waals surface area (Å²) in [5.41, 5.74) is 1.22. The summed E-state index contributed by atoms with van der Waals surface area (Å²) in [6, 6.07) is 9.63. The molecule has 0 saturated carbocycles. The molecule has 1 heterocycles. The molecule has 1 aromatic carbocycles. The lowest BCUT2D eigenvalue weighted by atomic mass is 10.1. The van der Waals surface area contributed by atoms with E-state index in [1.165, 1.54) is 6.26 Å². The van der Waals surface area contributed by atoms with Gasteiger partial charge < -0.3 is 14.6 Å². The Morgan fingerprint density at radius 1 is 1.16 bits per heavy atom. The lowest BCUT2D eigenvalue weighted by Crippen LogP contribution is -2.32. The summed E-state index contributed by atoms with van der Waals surface area (Å²) in [5.74, 6) is 0.134. The van der Waals surface area contributed by atoms with Crippen molar-refractivity contribution in [1.29, 1.82) is 0 Å². The summed E-state index contributed by atoms with van der Waals surface area (Å²) < 4.78 is 5.38. The summed E-state index contributed by atoms with van der Waals surface area (Å²) in [6.45, 7) is 5.47. The van der Waals surface area contributed by atoms with Crippen LogP contribution >= 0.6 is 0 Å². The third-order valence-electron chi connectivity index (χ3n) is 3.69. The summed E-state index contributed by atoms with van der Waals surface area (Å²) >= 11 is 0. The Morgan fingerprint density at radius 3 is 2.60 bits per heavy atom. The van der Waals surface area contributed by atoms with E-state index >= 15 is 0 Å². The zero-order valence-electron chi connectivity index (χ0n) is 14.8. The Hall–Kier alpha value is -2.63. The van der Waals surface area contributed by atoms with Gasteiger partial charge >= 0.3 is 0 Å². The second-order valence-corrected chi connectivity index (χ2v) is 5.86. The van der Waals surface area contributed by atoms with E-state index in [1.807, 2.05) is 44.2 Å². The topological polar surface area (TPSA) is 75.4 Å². The minimum absolute atomic E-state index is 0.0169. The molecule has 134 valence electrons. The van der Waals surface area contributed by atoms with Crippen molar-refractivity contribution in [2.75, 3.05) is 13.1 Å². The maximum absolute atomic E-state index is 12.6. The molecule has 2 rings (SSSR count). The Bertz CT molecular complexity index is 682. The fourth-order valence-electron chi connectivity index (χ4n) is 2.42. The first kappa shape index (κ1) is 18.7. The van der Waals surface area contributed by atoms with Crippen LogP contribution in [-0.4, -0.2) is 34.8 Å². The van der Waals surface area contributed by atoms with Crippen molar-refractivity contribution in [1.82, 2.24) is 15.2 Å². The van der Waals surface area contributed by atoms with Crippen molar-refractivity contribution in [2.24, 2.45) is 0 Å². The highest BCUT2D eigenvalue weighted by Gasteiger charge is 2.18. The van der Waals surface area contributed by atoms with Gasteiger partial charge in [0.05, 0.1) is 13.0 Å². The van der Waals surface area contributed by atoms with Crippen LogP contribution in [0.3, 0.4) is 0 Å². The number of benzene rings is 1. The van der Waals surface area contributed by atoms with Crippen molar-refractivity contribution in [3.63, 3.8) is 0 Å². The second-order valence-electron chi connectivity index (χ2n) is 5.86. The maximum Gasteiger partial charge on any atom is 0.273 e. The molecule has 2 aromatic rings. The summed E-state index contributed by atoms with van der Waals surface area (Å²) in [4.78, 5) is 30.4. The van der Waals surface area contributed by atoms with Gasteiger partial charge in [-0.25, -0.2) is 4.98 Å². The molecule has 0 saturated heterocycles. The molecule has 0 atom stereocenters. The SMILES string of the molecule is CCCNC(=O)c1coc(CN(CCC)C(=O)Cc2ccccc2)n1. The molecule has 0 radical (unpaired) electrons. The number of hydrogen-bond acceptors (Lipinski definition) is 4. The Morgan fingerprint density at radius 2 is 1.92 bits per heavy atom. The predicted molar refractivity (Wildman–Crippen MR) is 95.0 cm³/mol. The zero-order valence-corrected chi connectivity index (χ0v) is 14.8. The van der Waals surface area contributed by atoms with Gasteiger partial charge in [-0.2, -0.15) is 0 Å². The van der Waals surface area contributed by atoms with Gasteiger partial charge in [-0.05, 0) is 18.4 Å². The van der Waals surface area contributed by atoms with Gasteiger partial charge in [0.25, 0.3) is 5.91 Å². The molecular formula is C19H25N3O3. The van der Waals surface area contributed by atoms with Crippen LogP contribution in [0, 0.1) is 0 Å². The summed E-state index contributed by atoms with van der Waals surface area (Å²) in [6.07, 6.45) is 3.37. The molecule has 6 heteroatoms. The van der Waals surface area contributed by atoms with Crippen molar-refractivity contribution >= 4 is 11.8 Å². The van der Waals surface area contributed by atoms with E-state index in [4.69, 9.17) is 4.42 Å². The van der Waals surface area contributed by atoms with E-state index in [-0.39, 0.29) is 24.1 Å². The van der Waals surface area contributed by atoms with Gasteiger partial charge in [-0.15, -0.1) is 0 Å². The summed E-state index contributed by atoms with van der Waals surface area (Å²) in [7, 11) is 0. The summed E-state index contributed by atoms with van der Waals surface area (Å²) in [5, 5.41) is 2.75. The van der Waals surface area contributed by atoms with Crippen LogP contribution in [0.4, 0.5) is 0 Å². The highest BCUT2D eigenvalue weighted by Crippen LogP contribution is 2.10. The minimum atomic E-state index is -0.255. The quantitative estimate of drug-likeness (QED) is 0.760. The average molecular weight is 343 g/mol. The number of rotatable bonds is 9. The van der Waals surface area contributed by atoms with Crippen molar-refractivity contribution in [2.45, 2.75) is 39.7 Å². The van der Waals surface area contributed by atoms with Crippen molar-refractivity contribution < 1.29 is 14.0 Å². The molecule has 1 N–H and O–H groups in total. The molecule has 0 fully saturated rings. The van der Waals surface area contributed by atoms with Crippen LogP contribution < -0.4 is 5.32 Å². The molecule has 2 amide bonds. The van der Waals surface area contributed by atoms with Crippen LogP contribution in [0.15, 0.2) is 41.0 Å². The number of nitrogens with zero attached hydrogens (tertiary/aromatic N) is 2. The van der Waals surface area contributed by atoms with Gasteiger partial charge in [0.1, 0.15) is 6.26 Å². The normalized spacial score (nSPS) is 10.5. The van der Waals surface area contributed by atoms with E-state index in [0.29, 0.717) is 25.4 Å². The molecule has 0 bridgehead atoms. The highest BCUT2D eigenvalue weighted by atomic mass is 16.3. The van der Waals surface area contributed by atoms with Crippen LogP contribution in [0.2, 0.25) is 0 Å². The van der Waals surface area contributed by atoms with E-state index in [2.05, 4.69) is 10.3 Å². The smallest absolute Gasteiger partial charge is 0.273 e. The van der Waals surface area contributed by atoms with E-state index < -0.39 is 0 Å². The number of hydrogen-bond donors (Lipinski definition) is 1. The molecule has 25 heavy (non-hydrogen) atoms. The first-order valence-electron chi connectivity index (χ1n) is 8.68. The Balaban J connectivity index is 2.00. The Kier molecular flexibility index (Phi) is 7.19. The van der Waals surface area contributed by atoms with Gasteiger partial charge in [0, 0.05) is 13.1 Å². The largest absolute Gasteiger partial charge is 0.446 e. The zero-order chi connectivity index (χ0) is 18.1. The van der Waals surface area contributed by atoms with Crippen LogP contribution in [0.25, 0.3) is 0 Å². The standard InChI is InChI=1S/C19H25N3O3/c1-3-10-20-19(24)16-14-25-17(21-16)13-22(11-4-2)18(23)12-15-8-6-5-7-9-15/h5-9,14H,3-4,10-13H2,1-2H3,(H,20,24). The van der Waals surface area contributed by atoms with E-state index in [0.717, 1.165) is 18.4 Å². The number of carbonyl (C=O) groups is 2. The number of aromatic nitrogens is 1. The average Bonchev–Trinajstić information content (AvgIpc) is 3.09. The van der Waals surface area contributed by atoms with Gasteiger partial charge in [-0.1, -0.05) is 44.2 Å². The number of oxazole rings is 1. The lowest BCUT2D eigenvalue weighted by Gasteiger charge is -2.20. The van der Waals surface area contributed by atoms with E-state index in [1.54, 1.807) is 4.90 Å². The van der Waals surface area contributed by atoms with Gasteiger partial charge in [-0.3, -0.25) is 9.59 Å². The van der Waals surface area contributed by atoms with E-state index in [9.17, 15) is 9.59 Å². The molecule has 0 aliphatic heterocycles. The molecule has 0 unspecified atom stereocenters. The lowest BCUT2D eigenvalue weighted by molar-refractivity contribution is -0.131. The first-order chi connectivity index (χ1) is 12.1. The molecular weight excluding hydrogens is 318 g/mol. The third kappa shape index (κ3) is 5.74. The highest BCUT2D eigenvalue weighted by molar-refractivity contribution is 5.91. The number of carbonyl (C=O) groups excluding carboxylic acids is 2. The third-order valence-corrected chi connectivity index (χ3v) is 3.69. The molecule has 6 nitrogen and oxygen atoms in total. The molecule has 0 aliphatic carbocycles. The maximum atomic E-state index is 12.6. The fraction of sp³-hybridized carbons (Fsp3) is 0.421. The molecule has 0 aliphatic rings.